The van der Waals surface area contributed by atoms with Crippen molar-refractivity contribution >= 4 is 0 Å². The molecule has 1 aliphatic heterocycles. The second-order valence-electron chi connectivity index (χ2n) is 6.33. The highest BCUT2D eigenvalue weighted by Gasteiger charge is 2.26. The van der Waals surface area contributed by atoms with Gasteiger partial charge in [0.15, 0.2) is 0 Å². The van der Waals surface area contributed by atoms with Crippen LogP contribution in [0.2, 0.25) is 0 Å². The molecule has 0 radical (unpaired) electrons. The molecule has 5 nitrogen and oxygen atoms in total. The number of rotatable bonds is 7. The van der Waals surface area contributed by atoms with Crippen LogP contribution in [-0.2, 0) is 30.9 Å². The Bertz CT molecular complexity index is 651. The average Bonchev–Trinajstić information content (AvgIpc) is 3.02. The lowest BCUT2D eigenvalue weighted by molar-refractivity contribution is 0.142. The van der Waals surface area contributed by atoms with Crippen molar-refractivity contribution in [2.24, 2.45) is 0 Å². The maximum Gasteiger partial charge on any atom is 0.126 e. The first-order valence-electron chi connectivity index (χ1n) is 8.77. The van der Waals surface area contributed by atoms with Crippen LogP contribution in [0.5, 0.6) is 0 Å². The standard InChI is InChI=1S/C19H27N3O2/c1-3-24-11-8-18-12-20-19-15(2)21(9-10-22(18)19)13-16-4-6-17(14-23)7-5-16/h4-7,12,15,23H,3,8-11,13-14H2,1-2H3. The molecule has 2 aromatic rings. The first-order valence-corrected chi connectivity index (χ1v) is 8.77. The SMILES string of the molecule is CCOCCc1cnc2n1CCN(Cc1ccc(CO)cc1)C2C. The number of hydrogen-bond acceptors (Lipinski definition) is 4. The molecule has 0 aliphatic carbocycles. The van der Waals surface area contributed by atoms with Gasteiger partial charge in [0.1, 0.15) is 5.82 Å². The van der Waals surface area contributed by atoms with Crippen LogP contribution >= 0.6 is 0 Å². The molecule has 1 aromatic heterocycles. The number of aliphatic hydroxyl groups is 1. The molecule has 24 heavy (non-hydrogen) atoms. The average molecular weight is 329 g/mol. The molecule has 1 aliphatic rings. The Balaban J connectivity index is 1.66. The van der Waals surface area contributed by atoms with Gasteiger partial charge in [-0.1, -0.05) is 24.3 Å². The van der Waals surface area contributed by atoms with Gasteiger partial charge in [0.05, 0.1) is 19.3 Å². The Kier molecular flexibility index (Phi) is 5.66. The number of aliphatic hydroxyl groups excluding tert-OH is 1. The number of aromatic nitrogens is 2. The Morgan fingerprint density at radius 2 is 1.96 bits per heavy atom. The molecule has 0 fully saturated rings. The van der Waals surface area contributed by atoms with E-state index in [-0.39, 0.29) is 6.61 Å². The minimum atomic E-state index is 0.0996. The van der Waals surface area contributed by atoms with Gasteiger partial charge >= 0.3 is 0 Å². The van der Waals surface area contributed by atoms with E-state index in [1.54, 1.807) is 0 Å². The normalized spacial score (nSPS) is 17.9. The predicted molar refractivity (Wildman–Crippen MR) is 93.6 cm³/mol. The number of nitrogens with zero attached hydrogens (tertiary/aromatic N) is 3. The van der Waals surface area contributed by atoms with E-state index < -0.39 is 0 Å². The number of hydrogen-bond donors (Lipinski definition) is 1. The number of fused-ring (bicyclic) bond motifs is 1. The zero-order chi connectivity index (χ0) is 16.9. The van der Waals surface area contributed by atoms with Crippen molar-refractivity contribution < 1.29 is 9.84 Å². The van der Waals surface area contributed by atoms with E-state index in [1.807, 2.05) is 25.3 Å². The maximum absolute atomic E-state index is 9.15. The summed E-state index contributed by atoms with van der Waals surface area (Å²) in [7, 11) is 0. The van der Waals surface area contributed by atoms with E-state index in [0.717, 1.165) is 50.7 Å². The van der Waals surface area contributed by atoms with E-state index >= 15 is 0 Å². The van der Waals surface area contributed by atoms with Gasteiger partial charge in [-0.15, -0.1) is 0 Å². The summed E-state index contributed by atoms with van der Waals surface area (Å²) in [6, 6.07) is 8.50. The second kappa shape index (κ2) is 7.92. The molecule has 0 saturated carbocycles. The highest BCUT2D eigenvalue weighted by molar-refractivity contribution is 5.22. The second-order valence-corrected chi connectivity index (χ2v) is 6.33. The molecule has 0 saturated heterocycles. The van der Waals surface area contributed by atoms with Gasteiger partial charge in [0, 0.05) is 44.6 Å². The summed E-state index contributed by atoms with van der Waals surface area (Å²) in [5, 5.41) is 9.15. The predicted octanol–water partition coefficient (Wildman–Crippen LogP) is 2.53. The molecule has 1 unspecified atom stereocenters. The number of imidazole rings is 1. The third-order valence-corrected chi connectivity index (χ3v) is 4.80. The Labute approximate surface area is 143 Å². The lowest BCUT2D eigenvalue weighted by Crippen LogP contribution is -2.37. The quantitative estimate of drug-likeness (QED) is 0.793. The van der Waals surface area contributed by atoms with Crippen molar-refractivity contribution in [3.05, 3.63) is 53.1 Å². The molecule has 0 spiro atoms. The Morgan fingerprint density at radius 3 is 2.67 bits per heavy atom. The summed E-state index contributed by atoms with van der Waals surface area (Å²) >= 11 is 0. The van der Waals surface area contributed by atoms with Crippen LogP contribution in [0.1, 0.15) is 42.5 Å². The van der Waals surface area contributed by atoms with Gasteiger partial charge in [0.2, 0.25) is 0 Å². The summed E-state index contributed by atoms with van der Waals surface area (Å²) in [5.41, 5.74) is 3.51. The topological polar surface area (TPSA) is 50.5 Å². The summed E-state index contributed by atoms with van der Waals surface area (Å²) in [5.74, 6) is 1.15. The van der Waals surface area contributed by atoms with Crippen LogP contribution in [0.4, 0.5) is 0 Å². The van der Waals surface area contributed by atoms with Gasteiger partial charge in [-0.05, 0) is 25.0 Å². The van der Waals surface area contributed by atoms with Crippen LogP contribution in [0.3, 0.4) is 0 Å². The van der Waals surface area contributed by atoms with E-state index in [2.05, 4.69) is 33.5 Å². The smallest absolute Gasteiger partial charge is 0.126 e. The zero-order valence-corrected chi connectivity index (χ0v) is 14.6. The molecule has 3 rings (SSSR count). The fraction of sp³-hybridized carbons (Fsp3) is 0.526. The van der Waals surface area contributed by atoms with Crippen LogP contribution in [0.25, 0.3) is 0 Å². The van der Waals surface area contributed by atoms with Crippen LogP contribution in [0, 0.1) is 0 Å². The highest BCUT2D eigenvalue weighted by Crippen LogP contribution is 2.27. The zero-order valence-electron chi connectivity index (χ0n) is 14.6. The highest BCUT2D eigenvalue weighted by atomic mass is 16.5. The summed E-state index contributed by atoms with van der Waals surface area (Å²) in [6.45, 7) is 8.79. The molecule has 1 atom stereocenters. The molecular formula is C19H27N3O2. The first kappa shape index (κ1) is 17.1. The molecule has 2 heterocycles. The molecule has 5 heteroatoms. The summed E-state index contributed by atoms with van der Waals surface area (Å²) < 4.78 is 7.83. The van der Waals surface area contributed by atoms with Crippen molar-refractivity contribution in [1.82, 2.24) is 14.5 Å². The fourth-order valence-electron chi connectivity index (χ4n) is 3.33. The number of ether oxygens (including phenoxy) is 1. The van der Waals surface area contributed by atoms with Gasteiger partial charge < -0.3 is 14.4 Å². The van der Waals surface area contributed by atoms with Gasteiger partial charge in [0.25, 0.3) is 0 Å². The van der Waals surface area contributed by atoms with Gasteiger partial charge in [-0.3, -0.25) is 4.90 Å². The van der Waals surface area contributed by atoms with Crippen LogP contribution in [0.15, 0.2) is 30.5 Å². The third kappa shape index (κ3) is 3.69. The molecule has 0 bridgehead atoms. The number of benzene rings is 1. The molecule has 0 amide bonds. The van der Waals surface area contributed by atoms with Crippen LogP contribution in [-0.4, -0.2) is 39.3 Å². The van der Waals surface area contributed by atoms with Gasteiger partial charge in [-0.2, -0.15) is 0 Å². The molecule has 1 N–H and O–H groups in total. The fourth-order valence-corrected chi connectivity index (χ4v) is 3.33. The Hall–Kier alpha value is -1.69. The summed E-state index contributed by atoms with van der Waals surface area (Å²) in [6.07, 6.45) is 2.93. The summed E-state index contributed by atoms with van der Waals surface area (Å²) in [4.78, 5) is 7.13. The van der Waals surface area contributed by atoms with Crippen LogP contribution < -0.4 is 0 Å². The monoisotopic (exact) mass is 329 g/mol. The van der Waals surface area contributed by atoms with Crippen molar-refractivity contribution in [2.75, 3.05) is 19.8 Å². The van der Waals surface area contributed by atoms with E-state index in [4.69, 9.17) is 9.84 Å². The van der Waals surface area contributed by atoms with E-state index in [0.29, 0.717) is 6.04 Å². The molecule has 130 valence electrons. The molecule has 1 aromatic carbocycles. The van der Waals surface area contributed by atoms with Crippen molar-refractivity contribution in [3.63, 3.8) is 0 Å². The van der Waals surface area contributed by atoms with E-state index in [1.165, 1.54) is 11.3 Å². The third-order valence-electron chi connectivity index (χ3n) is 4.80. The minimum Gasteiger partial charge on any atom is -0.392 e. The van der Waals surface area contributed by atoms with Crippen molar-refractivity contribution in [2.45, 2.75) is 46.0 Å². The Morgan fingerprint density at radius 1 is 1.21 bits per heavy atom. The largest absolute Gasteiger partial charge is 0.392 e. The maximum atomic E-state index is 9.15. The lowest BCUT2D eigenvalue weighted by atomic mass is 10.1. The van der Waals surface area contributed by atoms with E-state index in [9.17, 15) is 0 Å². The lowest BCUT2D eigenvalue weighted by Gasteiger charge is -2.34. The van der Waals surface area contributed by atoms with Crippen molar-refractivity contribution in [3.8, 4) is 0 Å². The minimum absolute atomic E-state index is 0.0996. The van der Waals surface area contributed by atoms with Crippen molar-refractivity contribution in [1.29, 1.82) is 0 Å². The molecular weight excluding hydrogens is 302 g/mol. The first-order chi connectivity index (χ1) is 11.7. The van der Waals surface area contributed by atoms with Gasteiger partial charge in [-0.25, -0.2) is 4.98 Å².